The third-order valence-electron chi connectivity index (χ3n) is 3.92. The molecule has 0 unspecified atom stereocenters. The highest BCUT2D eigenvalue weighted by molar-refractivity contribution is 9.10. The second kappa shape index (κ2) is 6.04. The van der Waals surface area contributed by atoms with Gasteiger partial charge in [0.25, 0.3) is 0 Å². The molecule has 1 aromatic heterocycles. The molecule has 20 heavy (non-hydrogen) atoms. The van der Waals surface area contributed by atoms with Crippen LogP contribution in [-0.2, 0) is 12.8 Å². The summed E-state index contributed by atoms with van der Waals surface area (Å²) >= 11 is 3.51. The van der Waals surface area contributed by atoms with E-state index in [4.69, 9.17) is 0 Å². The van der Waals surface area contributed by atoms with Crippen molar-refractivity contribution in [3.63, 3.8) is 0 Å². The van der Waals surface area contributed by atoms with E-state index in [1.807, 2.05) is 12.1 Å². The van der Waals surface area contributed by atoms with Crippen molar-refractivity contribution in [2.24, 2.45) is 0 Å². The summed E-state index contributed by atoms with van der Waals surface area (Å²) < 4.78 is 14.0. The average Bonchev–Trinajstić information content (AvgIpc) is 2.41. The summed E-state index contributed by atoms with van der Waals surface area (Å²) in [5.41, 5.74) is 4.83. The minimum absolute atomic E-state index is 0.190. The molecular formula is C17H17BrFN. The van der Waals surface area contributed by atoms with Crippen LogP contribution in [0.1, 0.15) is 36.9 Å². The van der Waals surface area contributed by atoms with Gasteiger partial charge in [0.05, 0.1) is 0 Å². The standard InChI is InChI=1S/C17H17BrFN/c18-17-11-15(12-7-9-13(19)10-8-12)14-5-3-1-2-4-6-16(14)20-17/h7-11H,1-6H2. The zero-order valence-corrected chi connectivity index (χ0v) is 12.9. The van der Waals surface area contributed by atoms with Crippen LogP contribution in [0.25, 0.3) is 11.1 Å². The fourth-order valence-electron chi connectivity index (χ4n) is 2.91. The lowest BCUT2D eigenvalue weighted by atomic mass is 9.91. The molecule has 0 aliphatic heterocycles. The number of halogens is 2. The van der Waals surface area contributed by atoms with E-state index in [0.29, 0.717) is 0 Å². The zero-order valence-electron chi connectivity index (χ0n) is 11.3. The van der Waals surface area contributed by atoms with Gasteiger partial charge in [-0.2, -0.15) is 0 Å². The lowest BCUT2D eigenvalue weighted by molar-refractivity contribution is 0.608. The Balaban J connectivity index is 2.11. The molecule has 0 spiro atoms. The van der Waals surface area contributed by atoms with Crippen LogP contribution in [-0.4, -0.2) is 4.98 Å². The number of aryl methyl sites for hydroxylation is 1. The molecule has 1 heterocycles. The summed E-state index contributed by atoms with van der Waals surface area (Å²) in [7, 11) is 0. The average molecular weight is 334 g/mol. The van der Waals surface area contributed by atoms with E-state index >= 15 is 0 Å². The first-order chi connectivity index (χ1) is 9.74. The summed E-state index contributed by atoms with van der Waals surface area (Å²) in [6.07, 6.45) is 7.12. The normalized spacial score (nSPS) is 15.3. The SMILES string of the molecule is Fc1ccc(-c2cc(Br)nc3c2CCCCCC3)cc1. The highest BCUT2D eigenvalue weighted by atomic mass is 79.9. The van der Waals surface area contributed by atoms with Gasteiger partial charge in [0.1, 0.15) is 10.4 Å². The number of rotatable bonds is 1. The Bertz CT molecular complexity index is 607. The largest absolute Gasteiger partial charge is 0.246 e. The molecule has 1 nitrogen and oxygen atoms in total. The fraction of sp³-hybridized carbons (Fsp3) is 0.353. The van der Waals surface area contributed by atoms with Crippen LogP contribution in [0.15, 0.2) is 34.9 Å². The maximum Gasteiger partial charge on any atom is 0.123 e. The van der Waals surface area contributed by atoms with Crippen molar-refractivity contribution >= 4 is 15.9 Å². The molecule has 3 rings (SSSR count). The molecular weight excluding hydrogens is 317 g/mol. The van der Waals surface area contributed by atoms with Crippen LogP contribution >= 0.6 is 15.9 Å². The molecule has 104 valence electrons. The third kappa shape index (κ3) is 2.93. The van der Waals surface area contributed by atoms with Crippen molar-refractivity contribution in [3.8, 4) is 11.1 Å². The van der Waals surface area contributed by atoms with Crippen LogP contribution in [0, 0.1) is 5.82 Å². The lowest BCUT2D eigenvalue weighted by Gasteiger charge is -2.17. The predicted octanol–water partition coefficient (Wildman–Crippen LogP) is 5.31. The first-order valence-electron chi connectivity index (χ1n) is 7.18. The van der Waals surface area contributed by atoms with Crippen LogP contribution in [0.4, 0.5) is 4.39 Å². The molecule has 0 saturated carbocycles. The van der Waals surface area contributed by atoms with Crippen molar-refractivity contribution < 1.29 is 4.39 Å². The van der Waals surface area contributed by atoms with Crippen molar-refractivity contribution in [1.82, 2.24) is 4.98 Å². The monoisotopic (exact) mass is 333 g/mol. The zero-order chi connectivity index (χ0) is 13.9. The number of benzene rings is 1. The molecule has 2 aromatic rings. The van der Waals surface area contributed by atoms with Crippen LogP contribution in [0.5, 0.6) is 0 Å². The Morgan fingerprint density at radius 3 is 2.40 bits per heavy atom. The summed E-state index contributed by atoms with van der Waals surface area (Å²) in [6.45, 7) is 0. The van der Waals surface area contributed by atoms with Gasteiger partial charge in [-0.05, 0) is 76.5 Å². The van der Waals surface area contributed by atoms with E-state index in [1.54, 1.807) is 0 Å². The molecule has 0 atom stereocenters. The molecule has 1 aromatic carbocycles. The summed E-state index contributed by atoms with van der Waals surface area (Å²) in [5, 5.41) is 0. The molecule has 3 heteroatoms. The van der Waals surface area contributed by atoms with Gasteiger partial charge in [-0.15, -0.1) is 0 Å². The molecule has 0 saturated heterocycles. The first-order valence-corrected chi connectivity index (χ1v) is 7.97. The number of aromatic nitrogens is 1. The fourth-order valence-corrected chi connectivity index (χ4v) is 3.35. The van der Waals surface area contributed by atoms with Crippen LogP contribution in [0.2, 0.25) is 0 Å². The number of pyridine rings is 1. The van der Waals surface area contributed by atoms with E-state index in [1.165, 1.54) is 54.6 Å². The van der Waals surface area contributed by atoms with Gasteiger partial charge in [-0.25, -0.2) is 9.37 Å². The van der Waals surface area contributed by atoms with Gasteiger partial charge in [0.2, 0.25) is 0 Å². The van der Waals surface area contributed by atoms with E-state index in [0.717, 1.165) is 23.0 Å². The summed E-state index contributed by atoms with van der Waals surface area (Å²) in [6, 6.07) is 8.83. The molecule has 0 fully saturated rings. The van der Waals surface area contributed by atoms with Gasteiger partial charge < -0.3 is 0 Å². The number of nitrogens with zero attached hydrogens (tertiary/aromatic N) is 1. The van der Waals surface area contributed by atoms with E-state index in [-0.39, 0.29) is 5.82 Å². The van der Waals surface area contributed by atoms with Crippen molar-refractivity contribution in [2.75, 3.05) is 0 Å². The third-order valence-corrected chi connectivity index (χ3v) is 4.33. The van der Waals surface area contributed by atoms with E-state index < -0.39 is 0 Å². The van der Waals surface area contributed by atoms with E-state index in [2.05, 4.69) is 27.0 Å². The maximum absolute atomic E-state index is 13.1. The summed E-state index contributed by atoms with van der Waals surface area (Å²) in [4.78, 5) is 4.66. The van der Waals surface area contributed by atoms with Crippen molar-refractivity contribution in [1.29, 1.82) is 0 Å². The molecule has 0 bridgehead atoms. The number of hydrogen-bond acceptors (Lipinski definition) is 1. The molecule has 1 aliphatic rings. The minimum Gasteiger partial charge on any atom is -0.246 e. The quantitative estimate of drug-likeness (QED) is 0.644. The Morgan fingerprint density at radius 1 is 0.950 bits per heavy atom. The Morgan fingerprint density at radius 2 is 1.65 bits per heavy atom. The van der Waals surface area contributed by atoms with Gasteiger partial charge >= 0.3 is 0 Å². The van der Waals surface area contributed by atoms with Gasteiger partial charge in [0.15, 0.2) is 0 Å². The molecule has 0 N–H and O–H groups in total. The highest BCUT2D eigenvalue weighted by Gasteiger charge is 2.15. The highest BCUT2D eigenvalue weighted by Crippen LogP contribution is 2.32. The van der Waals surface area contributed by atoms with Gasteiger partial charge in [-0.1, -0.05) is 25.0 Å². The predicted molar refractivity (Wildman–Crippen MR) is 83.2 cm³/mol. The molecule has 1 aliphatic carbocycles. The Hall–Kier alpha value is -1.22. The van der Waals surface area contributed by atoms with Crippen LogP contribution in [0.3, 0.4) is 0 Å². The van der Waals surface area contributed by atoms with Gasteiger partial charge in [0, 0.05) is 5.69 Å². The lowest BCUT2D eigenvalue weighted by Crippen LogP contribution is -2.05. The second-order valence-corrected chi connectivity index (χ2v) is 6.15. The summed E-state index contributed by atoms with van der Waals surface area (Å²) in [5.74, 6) is -0.190. The maximum atomic E-state index is 13.1. The van der Waals surface area contributed by atoms with Crippen molar-refractivity contribution in [2.45, 2.75) is 38.5 Å². The smallest absolute Gasteiger partial charge is 0.123 e. The minimum atomic E-state index is -0.190. The second-order valence-electron chi connectivity index (χ2n) is 5.34. The first kappa shape index (κ1) is 13.7. The molecule has 0 radical (unpaired) electrons. The van der Waals surface area contributed by atoms with Gasteiger partial charge in [-0.3, -0.25) is 0 Å². The van der Waals surface area contributed by atoms with E-state index in [9.17, 15) is 4.39 Å². The molecule has 0 amide bonds. The number of fused-ring (bicyclic) bond motifs is 1. The van der Waals surface area contributed by atoms with Crippen molar-refractivity contribution in [3.05, 3.63) is 52.0 Å². The van der Waals surface area contributed by atoms with Crippen LogP contribution < -0.4 is 0 Å². The Labute approximate surface area is 127 Å². The Kier molecular flexibility index (Phi) is 4.16. The number of hydrogen-bond donors (Lipinski definition) is 0. The topological polar surface area (TPSA) is 12.9 Å².